The summed E-state index contributed by atoms with van der Waals surface area (Å²) < 4.78 is 5.09. The number of ether oxygens (including phenoxy) is 1. The molecule has 2 amide bonds. The Kier molecular flexibility index (Phi) is 7.35. The first-order chi connectivity index (χ1) is 11.0. The van der Waals surface area contributed by atoms with Gasteiger partial charge >= 0.3 is 0 Å². The zero-order valence-electron chi connectivity index (χ0n) is 14.4. The molecule has 134 valence electrons. The summed E-state index contributed by atoms with van der Waals surface area (Å²) in [5.41, 5.74) is 6.92. The van der Waals surface area contributed by atoms with Crippen molar-refractivity contribution in [2.45, 2.75) is 39.2 Å². The molecule has 0 radical (unpaired) electrons. The van der Waals surface area contributed by atoms with E-state index in [1.807, 2.05) is 4.90 Å². The molecular formula is C17H26ClN3O3. The molecule has 7 heteroatoms. The topological polar surface area (TPSA) is 84.7 Å². The van der Waals surface area contributed by atoms with Crippen LogP contribution in [0.5, 0.6) is 5.75 Å². The maximum absolute atomic E-state index is 12.4. The van der Waals surface area contributed by atoms with Gasteiger partial charge in [-0.2, -0.15) is 0 Å². The molecule has 3 N–H and O–H groups in total. The first-order valence-electron chi connectivity index (χ1n) is 8.03. The molecular weight excluding hydrogens is 330 g/mol. The second-order valence-corrected chi connectivity index (χ2v) is 5.86. The number of carbonyl (C=O) groups excluding carboxylic acids is 2. The van der Waals surface area contributed by atoms with Gasteiger partial charge in [0.25, 0.3) is 0 Å². The lowest BCUT2D eigenvalue weighted by Gasteiger charge is -2.26. The minimum Gasteiger partial charge on any atom is -0.495 e. The lowest BCUT2D eigenvalue weighted by molar-refractivity contribution is -0.130. The van der Waals surface area contributed by atoms with E-state index in [2.05, 4.69) is 19.2 Å². The molecule has 0 saturated carbocycles. The maximum Gasteiger partial charge on any atom is 0.229 e. The van der Waals surface area contributed by atoms with E-state index in [0.717, 1.165) is 12.8 Å². The van der Waals surface area contributed by atoms with E-state index in [1.165, 1.54) is 0 Å². The number of nitrogens with zero attached hydrogens (tertiary/aromatic N) is 1. The van der Waals surface area contributed by atoms with Crippen LogP contribution in [0.1, 0.15) is 33.1 Å². The number of nitrogens with two attached hydrogens (primary N) is 1. The van der Waals surface area contributed by atoms with Crippen molar-refractivity contribution in [3.8, 4) is 5.75 Å². The highest BCUT2D eigenvalue weighted by Gasteiger charge is 2.36. The fourth-order valence-electron chi connectivity index (χ4n) is 3.05. The molecule has 1 aromatic rings. The quantitative estimate of drug-likeness (QED) is 0.768. The predicted octanol–water partition coefficient (Wildman–Crippen LogP) is 2.67. The van der Waals surface area contributed by atoms with Gasteiger partial charge in [0.2, 0.25) is 11.8 Å². The molecule has 1 atom stereocenters. The van der Waals surface area contributed by atoms with Crippen LogP contribution in [-0.4, -0.2) is 36.4 Å². The van der Waals surface area contributed by atoms with Gasteiger partial charge in [0, 0.05) is 24.7 Å². The Morgan fingerprint density at radius 1 is 1.42 bits per heavy atom. The summed E-state index contributed by atoms with van der Waals surface area (Å²) in [6, 6.07) is 5.33. The molecule has 1 heterocycles. The van der Waals surface area contributed by atoms with E-state index in [9.17, 15) is 9.59 Å². The van der Waals surface area contributed by atoms with Crippen LogP contribution < -0.4 is 15.8 Å². The van der Waals surface area contributed by atoms with Crippen LogP contribution >= 0.6 is 12.4 Å². The third-order valence-corrected chi connectivity index (χ3v) is 4.41. The average molecular weight is 356 g/mol. The van der Waals surface area contributed by atoms with Crippen molar-refractivity contribution in [1.82, 2.24) is 4.90 Å². The summed E-state index contributed by atoms with van der Waals surface area (Å²) in [6.45, 7) is 4.62. The summed E-state index contributed by atoms with van der Waals surface area (Å²) in [6.07, 6.45) is 2.09. The summed E-state index contributed by atoms with van der Waals surface area (Å²) in [5.74, 6) is 0.176. The van der Waals surface area contributed by atoms with Crippen LogP contribution in [0.15, 0.2) is 18.2 Å². The largest absolute Gasteiger partial charge is 0.495 e. The molecule has 0 spiro atoms. The molecule has 0 aliphatic carbocycles. The van der Waals surface area contributed by atoms with E-state index in [0.29, 0.717) is 23.7 Å². The zero-order valence-corrected chi connectivity index (χ0v) is 15.2. The molecule has 1 saturated heterocycles. The lowest BCUT2D eigenvalue weighted by atomic mass is 10.1. The number of amides is 2. The number of hydrogen-bond acceptors (Lipinski definition) is 4. The Morgan fingerprint density at radius 3 is 2.62 bits per heavy atom. The molecule has 1 fully saturated rings. The van der Waals surface area contributed by atoms with Crippen LogP contribution in [0.4, 0.5) is 11.4 Å². The first kappa shape index (κ1) is 20.1. The minimum atomic E-state index is -0.313. The average Bonchev–Trinajstić information content (AvgIpc) is 2.91. The molecule has 24 heavy (non-hydrogen) atoms. The Hall–Kier alpha value is -1.95. The maximum atomic E-state index is 12.4. The molecule has 1 aromatic carbocycles. The molecule has 2 rings (SSSR count). The lowest BCUT2D eigenvalue weighted by Crippen LogP contribution is -2.36. The SMILES string of the molecule is CCC(CC)N1CC(C(=O)Nc2ccc(OC)c(N)c2)CC1=O.Cl. The number of rotatable bonds is 6. The standard InChI is InChI=1S/C17H25N3O3.ClH/c1-4-13(5-2)20-10-11(8-16(20)21)17(22)19-12-6-7-15(23-3)14(18)9-12;/h6-7,9,11,13H,4-5,8,10,18H2,1-3H3,(H,19,22);1H. The number of anilines is 2. The van der Waals surface area contributed by atoms with Crippen molar-refractivity contribution in [2.75, 3.05) is 24.7 Å². The Balaban J connectivity index is 0.00000288. The fourth-order valence-corrected chi connectivity index (χ4v) is 3.05. The van der Waals surface area contributed by atoms with Crippen molar-refractivity contribution in [2.24, 2.45) is 5.92 Å². The fraction of sp³-hybridized carbons (Fsp3) is 0.529. The van der Waals surface area contributed by atoms with E-state index >= 15 is 0 Å². The van der Waals surface area contributed by atoms with Gasteiger partial charge in [0.1, 0.15) is 5.75 Å². The smallest absolute Gasteiger partial charge is 0.229 e. The van der Waals surface area contributed by atoms with Gasteiger partial charge in [0.05, 0.1) is 18.7 Å². The number of benzene rings is 1. The van der Waals surface area contributed by atoms with E-state index in [4.69, 9.17) is 10.5 Å². The van der Waals surface area contributed by atoms with Gasteiger partial charge in [-0.3, -0.25) is 9.59 Å². The third kappa shape index (κ3) is 4.32. The summed E-state index contributed by atoms with van der Waals surface area (Å²) in [5, 5.41) is 2.84. The van der Waals surface area contributed by atoms with Crippen LogP contribution in [0.2, 0.25) is 0 Å². The highest BCUT2D eigenvalue weighted by atomic mass is 35.5. The molecule has 6 nitrogen and oxygen atoms in total. The zero-order chi connectivity index (χ0) is 17.0. The Bertz CT molecular complexity index is 590. The Labute approximate surface area is 149 Å². The van der Waals surface area contributed by atoms with Gasteiger partial charge in [-0.15, -0.1) is 12.4 Å². The second kappa shape index (κ2) is 8.78. The summed E-state index contributed by atoms with van der Waals surface area (Å²) in [7, 11) is 1.54. The molecule has 1 unspecified atom stereocenters. The van der Waals surface area contributed by atoms with Crippen LogP contribution in [0, 0.1) is 5.92 Å². The van der Waals surface area contributed by atoms with Crippen molar-refractivity contribution in [1.29, 1.82) is 0 Å². The first-order valence-corrected chi connectivity index (χ1v) is 8.03. The van der Waals surface area contributed by atoms with Gasteiger partial charge < -0.3 is 20.7 Å². The van der Waals surface area contributed by atoms with Gasteiger partial charge in [-0.1, -0.05) is 13.8 Å². The summed E-state index contributed by atoms with van der Waals surface area (Å²) in [4.78, 5) is 26.4. The number of likely N-dealkylation sites (tertiary alicyclic amines) is 1. The minimum absolute atomic E-state index is 0. The van der Waals surface area contributed by atoms with Gasteiger partial charge in [0.15, 0.2) is 0 Å². The predicted molar refractivity (Wildman–Crippen MR) is 97.5 cm³/mol. The number of hydrogen-bond donors (Lipinski definition) is 2. The Morgan fingerprint density at radius 2 is 2.08 bits per heavy atom. The van der Waals surface area contributed by atoms with Crippen LogP contribution in [0.25, 0.3) is 0 Å². The van der Waals surface area contributed by atoms with E-state index < -0.39 is 0 Å². The van der Waals surface area contributed by atoms with Crippen molar-refractivity contribution >= 4 is 35.6 Å². The van der Waals surface area contributed by atoms with Crippen molar-refractivity contribution in [3.63, 3.8) is 0 Å². The monoisotopic (exact) mass is 355 g/mol. The molecule has 1 aliphatic rings. The molecule has 0 aromatic heterocycles. The number of halogens is 1. The third-order valence-electron chi connectivity index (χ3n) is 4.41. The van der Waals surface area contributed by atoms with Crippen molar-refractivity contribution in [3.05, 3.63) is 18.2 Å². The summed E-state index contributed by atoms with van der Waals surface area (Å²) >= 11 is 0. The van der Waals surface area contributed by atoms with Crippen molar-refractivity contribution < 1.29 is 14.3 Å². The van der Waals surface area contributed by atoms with E-state index in [-0.39, 0.29) is 42.6 Å². The highest BCUT2D eigenvalue weighted by molar-refractivity contribution is 5.97. The molecule has 0 bridgehead atoms. The van der Waals surface area contributed by atoms with Crippen LogP contribution in [-0.2, 0) is 9.59 Å². The van der Waals surface area contributed by atoms with Crippen LogP contribution in [0.3, 0.4) is 0 Å². The second-order valence-electron chi connectivity index (χ2n) is 5.86. The van der Waals surface area contributed by atoms with E-state index in [1.54, 1.807) is 25.3 Å². The number of nitrogens with one attached hydrogen (secondary N) is 1. The van der Waals surface area contributed by atoms with Gasteiger partial charge in [-0.05, 0) is 31.0 Å². The number of nitrogen functional groups attached to an aromatic ring is 1. The number of carbonyl (C=O) groups is 2. The highest BCUT2D eigenvalue weighted by Crippen LogP contribution is 2.27. The molecule has 1 aliphatic heterocycles. The normalized spacial score (nSPS) is 16.9. The van der Waals surface area contributed by atoms with Gasteiger partial charge in [-0.25, -0.2) is 0 Å². The number of methoxy groups -OCH3 is 1.